The highest BCUT2D eigenvalue weighted by atomic mass is 16.7. The number of aliphatic hydroxyl groups excluding tert-OH is 2. The number of carbonyl (C=O) groups is 2. The van der Waals surface area contributed by atoms with Crippen LogP contribution in [0.3, 0.4) is 0 Å². The van der Waals surface area contributed by atoms with E-state index in [0.29, 0.717) is 18.6 Å². The number of ketones is 1. The topological polar surface area (TPSA) is 106 Å². The van der Waals surface area contributed by atoms with Gasteiger partial charge in [0.25, 0.3) is 0 Å². The molecule has 7 heteroatoms. The Morgan fingerprint density at radius 1 is 1.50 bits per heavy atom. The Morgan fingerprint density at radius 3 is 2.71 bits per heavy atom. The van der Waals surface area contributed by atoms with E-state index in [1.165, 1.54) is 6.92 Å². The van der Waals surface area contributed by atoms with E-state index in [2.05, 4.69) is 0 Å². The van der Waals surface area contributed by atoms with Gasteiger partial charge in [-0.3, -0.25) is 9.59 Å². The zero-order chi connectivity index (χ0) is 17.5. The first-order valence-electron chi connectivity index (χ1n) is 8.22. The summed E-state index contributed by atoms with van der Waals surface area (Å²) in [6, 6.07) is 0. The molecule has 0 aromatic rings. The maximum Gasteiger partial charge on any atom is 0.302 e. The van der Waals surface area contributed by atoms with Gasteiger partial charge < -0.3 is 24.4 Å². The normalized spacial score (nSPS) is 52.0. The van der Waals surface area contributed by atoms with Crippen LogP contribution in [0.2, 0.25) is 0 Å². The number of Topliss-reactive ketones (excluding diaryl/α,β-unsaturated/α-hetero) is 1. The van der Waals surface area contributed by atoms with E-state index in [9.17, 15) is 19.8 Å². The van der Waals surface area contributed by atoms with Gasteiger partial charge in [-0.15, -0.1) is 0 Å². The summed E-state index contributed by atoms with van der Waals surface area (Å²) in [6.07, 6.45) is -0.991. The number of epoxide rings is 1. The molecule has 0 amide bonds. The number of carbonyl (C=O) groups excluding carboxylic acids is 2. The molecule has 0 aromatic heterocycles. The van der Waals surface area contributed by atoms with Crippen molar-refractivity contribution in [1.82, 2.24) is 0 Å². The average Bonchev–Trinajstić information content (AvgIpc) is 3.27. The summed E-state index contributed by atoms with van der Waals surface area (Å²) in [6.45, 7) is 4.83. The zero-order valence-electron chi connectivity index (χ0n) is 13.9. The van der Waals surface area contributed by atoms with Gasteiger partial charge >= 0.3 is 5.97 Å². The molecule has 1 unspecified atom stereocenters. The third kappa shape index (κ3) is 1.57. The Kier molecular flexibility index (Phi) is 3.15. The molecule has 3 fully saturated rings. The van der Waals surface area contributed by atoms with Crippen LogP contribution in [-0.2, 0) is 23.8 Å². The molecule has 2 saturated heterocycles. The molecule has 2 bridgehead atoms. The predicted molar refractivity (Wildman–Crippen MR) is 79.9 cm³/mol. The molecular formula is C17H22O7. The summed E-state index contributed by atoms with van der Waals surface area (Å²) >= 11 is 0. The number of rotatable bonds is 2. The number of hydrogen-bond acceptors (Lipinski definition) is 7. The summed E-state index contributed by atoms with van der Waals surface area (Å²) in [5.41, 5.74) is -2.30. The SMILES string of the molecule is CC(=O)O[C@@H]1C[C@@]2(C)C3(CO3)[C@@H]1O[C@@H]1C=C(C)C(=O)[C@@H](O)[C@@]12CO. The van der Waals surface area contributed by atoms with Gasteiger partial charge in [0.15, 0.2) is 5.78 Å². The average molecular weight is 338 g/mol. The molecule has 7 nitrogen and oxygen atoms in total. The van der Waals surface area contributed by atoms with E-state index in [1.54, 1.807) is 13.0 Å². The van der Waals surface area contributed by atoms with E-state index >= 15 is 0 Å². The van der Waals surface area contributed by atoms with Crippen molar-refractivity contribution in [1.29, 1.82) is 0 Å². The van der Waals surface area contributed by atoms with Crippen molar-refractivity contribution < 1.29 is 34.0 Å². The summed E-state index contributed by atoms with van der Waals surface area (Å²) in [5, 5.41) is 21.1. The Labute approximate surface area is 139 Å². The van der Waals surface area contributed by atoms with Crippen LogP contribution in [0.5, 0.6) is 0 Å². The quantitative estimate of drug-likeness (QED) is 0.527. The summed E-state index contributed by atoms with van der Waals surface area (Å²) in [4.78, 5) is 23.9. The third-order valence-electron chi connectivity index (χ3n) is 6.73. The molecule has 7 atom stereocenters. The highest BCUT2D eigenvalue weighted by Gasteiger charge is 2.83. The summed E-state index contributed by atoms with van der Waals surface area (Å²) in [5.74, 6) is -0.824. The molecule has 132 valence electrons. The van der Waals surface area contributed by atoms with E-state index in [4.69, 9.17) is 14.2 Å². The number of esters is 1. The minimum absolute atomic E-state index is 0.367. The molecule has 1 spiro atoms. The molecule has 1 saturated carbocycles. The molecule has 24 heavy (non-hydrogen) atoms. The molecular weight excluding hydrogens is 316 g/mol. The van der Waals surface area contributed by atoms with Crippen molar-refractivity contribution in [3.8, 4) is 0 Å². The largest absolute Gasteiger partial charge is 0.460 e. The molecule has 2 heterocycles. The van der Waals surface area contributed by atoms with Crippen molar-refractivity contribution in [3.05, 3.63) is 11.6 Å². The van der Waals surface area contributed by atoms with Gasteiger partial charge in [0, 0.05) is 12.3 Å². The number of fused-ring (bicyclic) bond motifs is 2. The second kappa shape index (κ2) is 4.66. The lowest BCUT2D eigenvalue weighted by Gasteiger charge is -2.58. The van der Waals surface area contributed by atoms with Crippen LogP contribution in [0.1, 0.15) is 27.2 Å². The predicted octanol–water partition coefficient (Wildman–Crippen LogP) is -0.267. The fraction of sp³-hybridized carbons (Fsp3) is 0.765. The van der Waals surface area contributed by atoms with Crippen molar-refractivity contribution in [3.63, 3.8) is 0 Å². The number of aliphatic hydroxyl groups is 2. The van der Waals surface area contributed by atoms with E-state index in [0.717, 1.165) is 0 Å². The second-order valence-electron chi connectivity index (χ2n) is 7.65. The van der Waals surface area contributed by atoms with E-state index < -0.39 is 59.2 Å². The lowest BCUT2D eigenvalue weighted by molar-refractivity contribution is -0.244. The van der Waals surface area contributed by atoms with Crippen molar-refractivity contribution >= 4 is 11.8 Å². The van der Waals surface area contributed by atoms with Crippen LogP contribution in [0.25, 0.3) is 0 Å². The minimum atomic E-state index is -1.39. The van der Waals surface area contributed by atoms with Crippen molar-refractivity contribution in [2.24, 2.45) is 10.8 Å². The zero-order valence-corrected chi connectivity index (χ0v) is 13.9. The Hall–Kier alpha value is -1.28. The maximum absolute atomic E-state index is 12.4. The van der Waals surface area contributed by atoms with Gasteiger partial charge in [-0.25, -0.2) is 0 Å². The fourth-order valence-corrected chi connectivity index (χ4v) is 5.30. The molecule has 4 aliphatic rings. The van der Waals surface area contributed by atoms with Crippen LogP contribution in [0, 0.1) is 10.8 Å². The Morgan fingerprint density at radius 2 is 2.17 bits per heavy atom. The van der Waals surface area contributed by atoms with Gasteiger partial charge in [-0.2, -0.15) is 0 Å². The monoisotopic (exact) mass is 338 g/mol. The molecule has 0 aromatic carbocycles. The van der Waals surface area contributed by atoms with Gasteiger partial charge in [0.05, 0.1) is 24.7 Å². The van der Waals surface area contributed by atoms with Gasteiger partial charge in [-0.05, 0) is 25.0 Å². The summed E-state index contributed by atoms with van der Waals surface area (Å²) < 4.78 is 17.4. The van der Waals surface area contributed by atoms with Crippen LogP contribution >= 0.6 is 0 Å². The first-order valence-corrected chi connectivity index (χ1v) is 8.22. The van der Waals surface area contributed by atoms with Crippen LogP contribution in [0.4, 0.5) is 0 Å². The standard InChI is InChI=1S/C17H22O7/c1-8-4-11-16(6-18,13(21)12(8)20)15(3)5-10(23-9(2)19)14(24-11)17(15)7-22-17/h4,10-11,13-14,18,21H,5-7H2,1-3H3/t10-,11-,13-,14-,15-,16-,17?/m1/s1. The minimum Gasteiger partial charge on any atom is -0.460 e. The molecule has 2 N–H and O–H groups in total. The van der Waals surface area contributed by atoms with Crippen LogP contribution < -0.4 is 0 Å². The molecule has 2 aliphatic carbocycles. The molecule has 2 aliphatic heterocycles. The Balaban J connectivity index is 1.87. The summed E-state index contributed by atoms with van der Waals surface area (Å²) in [7, 11) is 0. The van der Waals surface area contributed by atoms with E-state index in [-0.39, 0.29) is 0 Å². The lowest BCUT2D eigenvalue weighted by Crippen LogP contribution is -2.70. The smallest absolute Gasteiger partial charge is 0.302 e. The van der Waals surface area contributed by atoms with Crippen molar-refractivity contribution in [2.75, 3.05) is 13.2 Å². The first kappa shape index (κ1) is 16.2. The van der Waals surface area contributed by atoms with E-state index in [1.807, 2.05) is 6.92 Å². The molecule has 4 rings (SSSR count). The highest BCUT2D eigenvalue weighted by molar-refractivity contribution is 6.00. The van der Waals surface area contributed by atoms with Gasteiger partial charge in [0.2, 0.25) is 0 Å². The number of ether oxygens (including phenoxy) is 3. The van der Waals surface area contributed by atoms with Gasteiger partial charge in [0.1, 0.15) is 23.9 Å². The second-order valence-corrected chi connectivity index (χ2v) is 7.65. The fourth-order valence-electron chi connectivity index (χ4n) is 5.30. The highest BCUT2D eigenvalue weighted by Crippen LogP contribution is 2.71. The van der Waals surface area contributed by atoms with Crippen molar-refractivity contribution in [2.45, 2.75) is 57.2 Å². The van der Waals surface area contributed by atoms with Gasteiger partial charge in [-0.1, -0.05) is 6.92 Å². The third-order valence-corrected chi connectivity index (χ3v) is 6.73. The van der Waals surface area contributed by atoms with Crippen LogP contribution in [-0.4, -0.2) is 65.2 Å². The first-order chi connectivity index (χ1) is 11.2. The maximum atomic E-state index is 12.4. The number of hydrogen-bond donors (Lipinski definition) is 2. The van der Waals surface area contributed by atoms with Crippen LogP contribution in [0.15, 0.2) is 11.6 Å². The lowest BCUT2D eigenvalue weighted by atomic mass is 9.50. The molecule has 0 radical (unpaired) electrons. The Bertz CT molecular complexity index is 651.